The molecule has 0 bridgehead atoms. The minimum atomic E-state index is -0.169. The van der Waals surface area contributed by atoms with Crippen LogP contribution in [0.25, 0.3) is 0 Å². The SMILES string of the molecule is CC(C)c1ccc(C(=O)Nc2ccc(NC(=O)c3ccccc3)cc2)cc1. The Hall–Kier alpha value is -3.40. The van der Waals surface area contributed by atoms with Crippen molar-refractivity contribution in [3.05, 3.63) is 95.6 Å². The van der Waals surface area contributed by atoms with Gasteiger partial charge in [0.1, 0.15) is 0 Å². The summed E-state index contributed by atoms with van der Waals surface area (Å²) in [6.45, 7) is 4.24. The van der Waals surface area contributed by atoms with E-state index in [0.29, 0.717) is 28.4 Å². The molecule has 0 aromatic heterocycles. The molecule has 27 heavy (non-hydrogen) atoms. The van der Waals surface area contributed by atoms with Gasteiger partial charge in [-0.2, -0.15) is 0 Å². The first-order chi connectivity index (χ1) is 13.0. The van der Waals surface area contributed by atoms with E-state index in [-0.39, 0.29) is 11.8 Å². The van der Waals surface area contributed by atoms with Gasteiger partial charge in [0.15, 0.2) is 0 Å². The molecule has 0 saturated carbocycles. The summed E-state index contributed by atoms with van der Waals surface area (Å²) in [6, 6.07) is 23.7. The maximum atomic E-state index is 12.4. The maximum absolute atomic E-state index is 12.4. The Balaban J connectivity index is 1.61. The van der Waals surface area contributed by atoms with Crippen LogP contribution in [0.2, 0.25) is 0 Å². The number of anilines is 2. The lowest BCUT2D eigenvalue weighted by molar-refractivity contribution is 0.101. The second-order valence-electron chi connectivity index (χ2n) is 6.63. The molecular formula is C23H22N2O2. The van der Waals surface area contributed by atoms with Crippen molar-refractivity contribution in [3.8, 4) is 0 Å². The molecule has 4 heteroatoms. The summed E-state index contributed by atoms with van der Waals surface area (Å²) in [5.74, 6) is 0.102. The molecule has 0 aliphatic carbocycles. The van der Waals surface area contributed by atoms with Gasteiger partial charge in [0.2, 0.25) is 0 Å². The fourth-order valence-corrected chi connectivity index (χ4v) is 2.65. The number of rotatable bonds is 5. The third kappa shape index (κ3) is 4.82. The highest BCUT2D eigenvalue weighted by Gasteiger charge is 2.08. The van der Waals surface area contributed by atoms with Crippen molar-refractivity contribution < 1.29 is 9.59 Å². The first-order valence-electron chi connectivity index (χ1n) is 8.91. The highest BCUT2D eigenvalue weighted by Crippen LogP contribution is 2.18. The van der Waals surface area contributed by atoms with Gasteiger partial charge in [-0.25, -0.2) is 0 Å². The Bertz CT molecular complexity index is 915. The third-order valence-corrected chi connectivity index (χ3v) is 4.28. The van der Waals surface area contributed by atoms with Gasteiger partial charge in [0.05, 0.1) is 0 Å². The molecule has 0 radical (unpaired) electrons. The van der Waals surface area contributed by atoms with Gasteiger partial charge in [-0.3, -0.25) is 9.59 Å². The number of carbonyl (C=O) groups excluding carboxylic acids is 2. The molecule has 0 aliphatic heterocycles. The van der Waals surface area contributed by atoms with Crippen LogP contribution >= 0.6 is 0 Å². The van der Waals surface area contributed by atoms with Crippen LogP contribution in [0.3, 0.4) is 0 Å². The molecule has 3 rings (SSSR count). The normalized spacial score (nSPS) is 10.5. The summed E-state index contributed by atoms with van der Waals surface area (Å²) in [6.07, 6.45) is 0. The summed E-state index contributed by atoms with van der Waals surface area (Å²) in [4.78, 5) is 24.5. The quantitative estimate of drug-likeness (QED) is 0.649. The van der Waals surface area contributed by atoms with Gasteiger partial charge >= 0.3 is 0 Å². The third-order valence-electron chi connectivity index (χ3n) is 4.28. The van der Waals surface area contributed by atoms with Crippen LogP contribution < -0.4 is 10.6 Å². The first kappa shape index (κ1) is 18.4. The Morgan fingerprint density at radius 2 is 1.07 bits per heavy atom. The summed E-state index contributed by atoms with van der Waals surface area (Å²) in [5, 5.41) is 5.70. The first-order valence-corrected chi connectivity index (χ1v) is 8.91. The molecule has 0 aliphatic rings. The smallest absolute Gasteiger partial charge is 0.255 e. The van der Waals surface area contributed by atoms with Crippen molar-refractivity contribution >= 4 is 23.2 Å². The van der Waals surface area contributed by atoms with Gasteiger partial charge < -0.3 is 10.6 Å². The average Bonchev–Trinajstić information content (AvgIpc) is 2.70. The van der Waals surface area contributed by atoms with Gasteiger partial charge in [-0.15, -0.1) is 0 Å². The van der Waals surface area contributed by atoms with Gasteiger partial charge in [-0.1, -0.05) is 44.2 Å². The van der Waals surface area contributed by atoms with Crippen molar-refractivity contribution in [2.45, 2.75) is 19.8 Å². The van der Waals surface area contributed by atoms with Gasteiger partial charge in [0, 0.05) is 22.5 Å². The summed E-state index contributed by atoms with van der Waals surface area (Å²) in [7, 11) is 0. The lowest BCUT2D eigenvalue weighted by atomic mass is 10.0. The number of amides is 2. The Labute approximate surface area is 159 Å². The highest BCUT2D eigenvalue weighted by molar-refractivity contribution is 6.05. The van der Waals surface area contributed by atoms with Crippen molar-refractivity contribution in [1.29, 1.82) is 0 Å². The van der Waals surface area contributed by atoms with Crippen molar-refractivity contribution in [3.63, 3.8) is 0 Å². The standard InChI is InChI=1S/C23H22N2O2/c1-16(2)17-8-10-19(11-9-17)23(27)25-21-14-12-20(13-15-21)24-22(26)18-6-4-3-5-7-18/h3-16H,1-2H3,(H,24,26)(H,25,27). The molecule has 3 aromatic carbocycles. The zero-order valence-electron chi connectivity index (χ0n) is 15.4. The molecule has 0 unspecified atom stereocenters. The second kappa shape index (κ2) is 8.32. The van der Waals surface area contributed by atoms with E-state index in [4.69, 9.17) is 0 Å². The number of hydrogen-bond acceptors (Lipinski definition) is 2. The Kier molecular flexibility index (Phi) is 5.67. The molecule has 0 fully saturated rings. The Morgan fingerprint density at radius 3 is 1.52 bits per heavy atom. The molecule has 0 saturated heterocycles. The molecule has 2 N–H and O–H groups in total. The van der Waals surface area contributed by atoms with Gasteiger partial charge in [-0.05, 0) is 60.0 Å². The van der Waals surface area contributed by atoms with E-state index in [9.17, 15) is 9.59 Å². The van der Waals surface area contributed by atoms with Crippen molar-refractivity contribution in [2.24, 2.45) is 0 Å². The number of carbonyl (C=O) groups is 2. The van der Waals surface area contributed by atoms with Crippen LogP contribution in [0, 0.1) is 0 Å². The molecule has 0 heterocycles. The molecule has 0 atom stereocenters. The van der Waals surface area contributed by atoms with E-state index in [2.05, 4.69) is 24.5 Å². The van der Waals surface area contributed by atoms with Crippen LogP contribution in [-0.4, -0.2) is 11.8 Å². The predicted octanol–water partition coefficient (Wildman–Crippen LogP) is 5.31. The molecule has 136 valence electrons. The summed E-state index contributed by atoms with van der Waals surface area (Å²) >= 11 is 0. The van der Waals surface area contributed by atoms with E-state index in [1.54, 1.807) is 36.4 Å². The summed E-state index contributed by atoms with van der Waals surface area (Å²) in [5.41, 5.74) is 3.75. The maximum Gasteiger partial charge on any atom is 0.255 e. The van der Waals surface area contributed by atoms with E-state index < -0.39 is 0 Å². The van der Waals surface area contributed by atoms with Crippen LogP contribution in [-0.2, 0) is 0 Å². The fraction of sp³-hybridized carbons (Fsp3) is 0.130. The number of hydrogen-bond donors (Lipinski definition) is 2. The minimum absolute atomic E-state index is 0.161. The van der Waals surface area contributed by atoms with Crippen LogP contribution in [0.1, 0.15) is 46.0 Å². The molecule has 2 amide bonds. The zero-order chi connectivity index (χ0) is 19.2. The average molecular weight is 358 g/mol. The van der Waals surface area contributed by atoms with Crippen molar-refractivity contribution in [2.75, 3.05) is 10.6 Å². The van der Waals surface area contributed by atoms with E-state index in [1.807, 2.05) is 42.5 Å². The molecular weight excluding hydrogens is 336 g/mol. The van der Waals surface area contributed by atoms with Crippen LogP contribution in [0.5, 0.6) is 0 Å². The second-order valence-corrected chi connectivity index (χ2v) is 6.63. The lowest BCUT2D eigenvalue weighted by Crippen LogP contribution is -2.13. The topological polar surface area (TPSA) is 58.2 Å². The van der Waals surface area contributed by atoms with Gasteiger partial charge in [0.25, 0.3) is 11.8 Å². The number of benzene rings is 3. The monoisotopic (exact) mass is 358 g/mol. The Morgan fingerprint density at radius 1 is 0.630 bits per heavy atom. The highest BCUT2D eigenvalue weighted by atomic mass is 16.2. The largest absolute Gasteiger partial charge is 0.322 e. The molecule has 3 aromatic rings. The minimum Gasteiger partial charge on any atom is -0.322 e. The fourth-order valence-electron chi connectivity index (χ4n) is 2.65. The molecule has 4 nitrogen and oxygen atoms in total. The predicted molar refractivity (Wildman–Crippen MR) is 109 cm³/mol. The number of nitrogens with one attached hydrogen (secondary N) is 2. The lowest BCUT2D eigenvalue weighted by Gasteiger charge is -2.09. The van der Waals surface area contributed by atoms with E-state index in [1.165, 1.54) is 5.56 Å². The summed E-state index contributed by atoms with van der Waals surface area (Å²) < 4.78 is 0. The van der Waals surface area contributed by atoms with E-state index >= 15 is 0 Å². The van der Waals surface area contributed by atoms with Crippen LogP contribution in [0.15, 0.2) is 78.9 Å². The molecule has 0 spiro atoms. The van der Waals surface area contributed by atoms with Crippen LogP contribution in [0.4, 0.5) is 11.4 Å². The zero-order valence-corrected chi connectivity index (χ0v) is 15.4. The van der Waals surface area contributed by atoms with E-state index in [0.717, 1.165) is 0 Å². The van der Waals surface area contributed by atoms with Crippen molar-refractivity contribution in [1.82, 2.24) is 0 Å².